The molecule has 0 saturated carbocycles. The van der Waals surface area contributed by atoms with Crippen molar-refractivity contribution in [2.45, 2.75) is 38.5 Å². The normalized spacial score (nSPS) is 17.8. The molecule has 0 aliphatic carbocycles. The number of carbonyl (C=O) groups is 1. The summed E-state index contributed by atoms with van der Waals surface area (Å²) in [4.78, 5) is 10.5. The quantitative estimate of drug-likeness (QED) is 0.543. The van der Waals surface area contributed by atoms with Crippen LogP contribution in [0.1, 0.15) is 38.5 Å². The van der Waals surface area contributed by atoms with E-state index in [4.69, 9.17) is 0 Å². The summed E-state index contributed by atoms with van der Waals surface area (Å²) in [5, 5.41) is 28.0. The van der Waals surface area contributed by atoms with E-state index in [0.717, 1.165) is 13.9 Å². The van der Waals surface area contributed by atoms with Gasteiger partial charge in [0.25, 0.3) is 0 Å². The van der Waals surface area contributed by atoms with Gasteiger partial charge in [0.15, 0.2) is 0 Å². The number of amides is 1. The second-order valence-electron chi connectivity index (χ2n) is 10.0. The third-order valence-electron chi connectivity index (χ3n) is 6.92. The lowest BCUT2D eigenvalue weighted by atomic mass is 10.1. The third kappa shape index (κ3) is 9.70. The molecule has 8 heteroatoms. The second kappa shape index (κ2) is 14.3. The molecule has 196 valence electrons. The minimum absolute atomic E-state index is 0. The Kier molecular flexibility index (Phi) is 12.6. The van der Waals surface area contributed by atoms with Gasteiger partial charge in [0.05, 0.1) is 40.3 Å². The molecule has 7 nitrogen and oxygen atoms in total. The Morgan fingerprint density at radius 2 is 0.943 bits per heavy atom. The number of phenols is 2. The fraction of sp³-hybridized carbons (Fsp3) is 0.519. The first-order valence-electron chi connectivity index (χ1n) is 12.2. The molecule has 1 amide bonds. The first-order valence-corrected chi connectivity index (χ1v) is 12.2. The van der Waals surface area contributed by atoms with Crippen molar-refractivity contribution < 1.29 is 37.1 Å². The first-order chi connectivity index (χ1) is 16.1. The molecule has 35 heavy (non-hydrogen) atoms. The van der Waals surface area contributed by atoms with E-state index >= 15 is 0 Å². The number of carbonyl (C=O) groups excluding carboxylic acids is 1. The number of rotatable bonds is 2. The lowest BCUT2D eigenvalue weighted by molar-refractivity contribution is -0.262. The molecule has 4 rings (SSSR count). The molecule has 0 atom stereocenters. The minimum atomic E-state index is -1.16. The summed E-state index contributed by atoms with van der Waals surface area (Å²) in [5.41, 5.74) is 2.64. The van der Waals surface area contributed by atoms with Gasteiger partial charge >= 0.3 is 0 Å². The van der Waals surface area contributed by atoms with Crippen LogP contribution in [0.25, 0.3) is 0 Å². The average Bonchev–Trinajstić information content (AvgIpc) is 2.81. The smallest absolute Gasteiger partial charge is 0.136 e. The Hall–Kier alpha value is -2.29. The van der Waals surface area contributed by atoms with Crippen LogP contribution in [0.3, 0.4) is 0 Å². The van der Waals surface area contributed by atoms with Crippen molar-refractivity contribution in [3.8, 4) is 11.5 Å². The molecule has 0 aromatic heterocycles. The maximum atomic E-state index is 9.51. The van der Waals surface area contributed by atoms with Crippen molar-refractivity contribution in [2.75, 3.05) is 54.4 Å². The minimum Gasteiger partial charge on any atom is -1.00 e. The molecular weight excluding hydrogens is 510 g/mol. The van der Waals surface area contributed by atoms with Gasteiger partial charge in [0.1, 0.15) is 29.0 Å². The molecular formula is C27H42BrN3O4. The van der Waals surface area contributed by atoms with Crippen LogP contribution in [0.15, 0.2) is 48.5 Å². The fourth-order valence-corrected chi connectivity index (χ4v) is 4.56. The molecule has 2 saturated heterocycles. The Labute approximate surface area is 221 Å². The zero-order valence-corrected chi connectivity index (χ0v) is 23.2. The number of hydrogen-bond donors (Lipinski definition) is 2. The summed E-state index contributed by atoms with van der Waals surface area (Å²) in [6.45, 7) is 4.91. The van der Waals surface area contributed by atoms with Crippen molar-refractivity contribution in [3.05, 3.63) is 48.5 Å². The van der Waals surface area contributed by atoms with E-state index in [0.29, 0.717) is 11.5 Å². The Bertz CT molecular complexity index is 811. The number of hydrogen-bond acceptors (Lipinski definition) is 4. The highest BCUT2D eigenvalue weighted by Crippen LogP contribution is 2.28. The highest BCUT2D eigenvalue weighted by molar-refractivity contribution is 5.61. The molecule has 2 aliphatic rings. The number of carboxylic acid groups (broad SMARTS) is 1. The fourth-order valence-electron chi connectivity index (χ4n) is 4.56. The summed E-state index contributed by atoms with van der Waals surface area (Å²) >= 11 is 0. The van der Waals surface area contributed by atoms with E-state index in [2.05, 4.69) is 14.1 Å². The van der Waals surface area contributed by atoms with Crippen molar-refractivity contribution >= 4 is 17.5 Å². The van der Waals surface area contributed by atoms with Crippen LogP contribution in [-0.2, 0) is 0 Å². The number of nitrogens with zero attached hydrogens (tertiary/aromatic N) is 3. The Morgan fingerprint density at radius 1 is 0.686 bits per heavy atom. The number of phenolic OH excluding ortho intramolecular Hbond substituents is 2. The van der Waals surface area contributed by atoms with E-state index in [1.165, 1.54) is 90.2 Å². The van der Waals surface area contributed by atoms with Gasteiger partial charge in [-0.15, -0.1) is 0 Å². The molecule has 2 aliphatic heterocycles. The van der Waals surface area contributed by atoms with Gasteiger partial charge in [-0.05, 0) is 62.8 Å². The van der Waals surface area contributed by atoms with E-state index in [1.54, 1.807) is 24.3 Å². The molecule has 2 aromatic carbocycles. The topological polar surface area (TPSA) is 83.8 Å². The van der Waals surface area contributed by atoms with Crippen molar-refractivity contribution in [1.29, 1.82) is 0 Å². The van der Waals surface area contributed by atoms with E-state index in [-0.39, 0.29) is 17.0 Å². The summed E-state index contributed by atoms with van der Waals surface area (Å²) < 4.78 is 2.06. The number of aromatic hydroxyl groups is 2. The SMILES string of the molecule is CN(C)C(=O)[O-].C[N+]1(c2ccc(O)cc2)CCCCC1.C[N+]1(c2ccc(O)cc2)CCCCC1.[Br-]. The lowest BCUT2D eigenvalue weighted by Crippen LogP contribution is -3.00. The second-order valence-corrected chi connectivity index (χ2v) is 10.0. The van der Waals surface area contributed by atoms with E-state index < -0.39 is 6.09 Å². The summed E-state index contributed by atoms with van der Waals surface area (Å²) in [7, 11) is 7.39. The summed E-state index contributed by atoms with van der Waals surface area (Å²) in [6, 6.07) is 15.3. The molecule has 0 radical (unpaired) electrons. The number of quaternary nitrogens is 2. The van der Waals surface area contributed by atoms with Crippen LogP contribution in [0.2, 0.25) is 0 Å². The first kappa shape index (κ1) is 30.7. The molecule has 0 unspecified atom stereocenters. The predicted octanol–water partition coefficient (Wildman–Crippen LogP) is 0.922. The lowest BCUT2D eigenvalue weighted by Gasteiger charge is -2.37. The van der Waals surface area contributed by atoms with Gasteiger partial charge in [0, 0.05) is 38.4 Å². The standard InChI is InChI=1S/2C12H17NO.C3H7NO2.BrH/c2*1-13(9-3-2-4-10-13)11-5-7-12(14)8-6-11;1-4(2)3(5)6;/h2*5-8H,2-4,9-10H2,1H3;1-2H3,(H,5,6);1H. The highest BCUT2D eigenvalue weighted by atomic mass is 79.9. The average molecular weight is 553 g/mol. The van der Waals surface area contributed by atoms with Crippen LogP contribution in [0, 0.1) is 0 Å². The van der Waals surface area contributed by atoms with Crippen LogP contribution >= 0.6 is 0 Å². The van der Waals surface area contributed by atoms with Crippen molar-refractivity contribution in [1.82, 2.24) is 13.9 Å². The zero-order chi connectivity index (χ0) is 25.2. The van der Waals surface area contributed by atoms with Crippen LogP contribution in [0.4, 0.5) is 16.2 Å². The molecule has 2 heterocycles. The van der Waals surface area contributed by atoms with Gasteiger partial charge in [0.2, 0.25) is 0 Å². The van der Waals surface area contributed by atoms with Gasteiger partial charge in [-0.2, -0.15) is 0 Å². The van der Waals surface area contributed by atoms with Crippen molar-refractivity contribution in [3.63, 3.8) is 0 Å². The van der Waals surface area contributed by atoms with Gasteiger partial charge in [-0.1, -0.05) is 0 Å². The third-order valence-corrected chi connectivity index (χ3v) is 6.92. The number of likely N-dealkylation sites (tertiary alicyclic amines) is 2. The predicted molar refractivity (Wildman–Crippen MR) is 138 cm³/mol. The highest BCUT2D eigenvalue weighted by Gasteiger charge is 2.28. The summed E-state index contributed by atoms with van der Waals surface area (Å²) in [6.07, 6.45) is 6.84. The largest absolute Gasteiger partial charge is 1.00 e. The molecule has 2 N–H and O–H groups in total. The number of benzene rings is 2. The van der Waals surface area contributed by atoms with Crippen molar-refractivity contribution in [2.24, 2.45) is 0 Å². The summed E-state index contributed by atoms with van der Waals surface area (Å²) in [5.74, 6) is 0.717. The Balaban J connectivity index is 0.000000280. The monoisotopic (exact) mass is 551 g/mol. The van der Waals surface area contributed by atoms with E-state index in [9.17, 15) is 20.1 Å². The zero-order valence-electron chi connectivity index (χ0n) is 21.6. The Morgan fingerprint density at radius 3 is 1.17 bits per heavy atom. The van der Waals surface area contributed by atoms with Gasteiger partial charge in [-0.25, -0.2) is 0 Å². The maximum absolute atomic E-state index is 9.51. The van der Waals surface area contributed by atoms with E-state index in [1.807, 2.05) is 24.3 Å². The van der Waals surface area contributed by atoms with Gasteiger partial charge in [-0.3, -0.25) is 8.97 Å². The van der Waals surface area contributed by atoms with Crippen LogP contribution < -0.4 is 31.1 Å². The van der Waals surface area contributed by atoms with Crippen LogP contribution in [0.5, 0.6) is 11.5 Å². The molecule has 2 aromatic rings. The molecule has 0 bridgehead atoms. The molecule has 0 spiro atoms. The van der Waals surface area contributed by atoms with Crippen LogP contribution in [-0.4, -0.2) is 75.6 Å². The molecule has 2 fully saturated rings. The number of halogens is 1. The maximum Gasteiger partial charge on any atom is 0.136 e. The van der Waals surface area contributed by atoms with Gasteiger partial charge < -0.3 is 42.0 Å². The number of piperidine rings is 2.